The van der Waals surface area contributed by atoms with Gasteiger partial charge in [-0.05, 0) is 44.4 Å². The summed E-state index contributed by atoms with van der Waals surface area (Å²) in [5.74, 6) is 1.06. The summed E-state index contributed by atoms with van der Waals surface area (Å²) >= 11 is 0. The summed E-state index contributed by atoms with van der Waals surface area (Å²) in [6, 6.07) is 9.62. The standard InChI is InChI=1S/C16H22N4/c1-2-7-15-14(6-1)18-16(19-15)20(13-8-9-13)11-12-5-3-4-10-17-12/h1-2,6-7,12-13,17H,3-5,8-11H2,(H,18,19). The molecule has 1 saturated carbocycles. The average molecular weight is 270 g/mol. The predicted molar refractivity (Wildman–Crippen MR) is 82.1 cm³/mol. The number of benzene rings is 1. The molecule has 2 aliphatic rings. The van der Waals surface area contributed by atoms with Gasteiger partial charge in [0.05, 0.1) is 11.0 Å². The van der Waals surface area contributed by atoms with Crippen molar-refractivity contribution in [3.63, 3.8) is 0 Å². The van der Waals surface area contributed by atoms with Crippen molar-refractivity contribution in [1.29, 1.82) is 0 Å². The van der Waals surface area contributed by atoms with Crippen LogP contribution in [0.25, 0.3) is 11.0 Å². The van der Waals surface area contributed by atoms with E-state index in [0.717, 1.165) is 23.5 Å². The van der Waals surface area contributed by atoms with Crippen LogP contribution in [0.1, 0.15) is 32.1 Å². The number of hydrogen-bond donors (Lipinski definition) is 2. The Morgan fingerprint density at radius 3 is 2.80 bits per heavy atom. The SMILES string of the molecule is c1ccc2[nH]c(N(CC3CCCCN3)C3CC3)nc2c1. The molecule has 4 heteroatoms. The molecule has 2 fully saturated rings. The molecule has 2 N–H and O–H groups in total. The highest BCUT2D eigenvalue weighted by atomic mass is 15.3. The van der Waals surface area contributed by atoms with E-state index in [0.29, 0.717) is 12.1 Å². The van der Waals surface area contributed by atoms with Gasteiger partial charge in [-0.25, -0.2) is 4.98 Å². The first-order valence-corrected chi connectivity index (χ1v) is 7.85. The quantitative estimate of drug-likeness (QED) is 0.897. The Hall–Kier alpha value is -1.55. The molecular formula is C16H22N4. The molecule has 2 aromatic rings. The average Bonchev–Trinajstić information content (AvgIpc) is 3.24. The third-order valence-electron chi connectivity index (χ3n) is 4.47. The first-order chi connectivity index (χ1) is 9.90. The van der Waals surface area contributed by atoms with Crippen molar-refractivity contribution >= 4 is 17.0 Å². The molecule has 2 heterocycles. The van der Waals surface area contributed by atoms with Crippen molar-refractivity contribution < 1.29 is 0 Å². The van der Waals surface area contributed by atoms with Crippen LogP contribution in [-0.4, -0.2) is 35.1 Å². The van der Waals surface area contributed by atoms with Gasteiger partial charge in [-0.3, -0.25) is 0 Å². The van der Waals surface area contributed by atoms with E-state index >= 15 is 0 Å². The fourth-order valence-corrected chi connectivity index (χ4v) is 3.19. The lowest BCUT2D eigenvalue weighted by molar-refractivity contribution is 0.397. The minimum atomic E-state index is 0.623. The summed E-state index contributed by atoms with van der Waals surface area (Å²) in [4.78, 5) is 10.8. The first kappa shape index (κ1) is 12.2. The highest BCUT2D eigenvalue weighted by Gasteiger charge is 2.32. The number of rotatable bonds is 4. The summed E-state index contributed by atoms with van der Waals surface area (Å²) < 4.78 is 0. The van der Waals surface area contributed by atoms with Crippen molar-refractivity contribution in [3.8, 4) is 0 Å². The molecule has 4 rings (SSSR count). The van der Waals surface area contributed by atoms with E-state index in [9.17, 15) is 0 Å². The number of piperidine rings is 1. The minimum absolute atomic E-state index is 0.623. The van der Waals surface area contributed by atoms with Crippen LogP contribution >= 0.6 is 0 Å². The number of nitrogens with zero attached hydrogens (tertiary/aromatic N) is 2. The van der Waals surface area contributed by atoms with Crippen LogP contribution in [0, 0.1) is 0 Å². The number of H-pyrrole nitrogens is 1. The second-order valence-corrected chi connectivity index (χ2v) is 6.11. The zero-order valence-electron chi connectivity index (χ0n) is 11.8. The van der Waals surface area contributed by atoms with Crippen LogP contribution in [0.2, 0.25) is 0 Å². The number of imidazole rings is 1. The molecular weight excluding hydrogens is 248 g/mol. The van der Waals surface area contributed by atoms with Gasteiger partial charge in [0, 0.05) is 18.6 Å². The van der Waals surface area contributed by atoms with Gasteiger partial charge in [-0.2, -0.15) is 0 Å². The fraction of sp³-hybridized carbons (Fsp3) is 0.562. The Balaban J connectivity index is 1.58. The minimum Gasteiger partial charge on any atom is -0.338 e. The fourth-order valence-electron chi connectivity index (χ4n) is 3.19. The van der Waals surface area contributed by atoms with E-state index in [1.807, 2.05) is 0 Å². The summed E-state index contributed by atoms with van der Waals surface area (Å²) in [6.07, 6.45) is 6.60. The highest BCUT2D eigenvalue weighted by Crippen LogP contribution is 2.31. The number of para-hydroxylation sites is 2. The van der Waals surface area contributed by atoms with Crippen molar-refractivity contribution in [1.82, 2.24) is 15.3 Å². The Morgan fingerprint density at radius 1 is 1.15 bits per heavy atom. The smallest absolute Gasteiger partial charge is 0.204 e. The van der Waals surface area contributed by atoms with Gasteiger partial charge in [0.2, 0.25) is 5.95 Å². The van der Waals surface area contributed by atoms with Crippen molar-refractivity contribution in [3.05, 3.63) is 24.3 Å². The third kappa shape index (κ3) is 2.40. The second-order valence-electron chi connectivity index (χ2n) is 6.11. The third-order valence-corrected chi connectivity index (χ3v) is 4.47. The van der Waals surface area contributed by atoms with Crippen LogP contribution in [0.5, 0.6) is 0 Å². The van der Waals surface area contributed by atoms with Crippen LogP contribution < -0.4 is 10.2 Å². The maximum absolute atomic E-state index is 4.78. The molecule has 0 amide bonds. The lowest BCUT2D eigenvalue weighted by Gasteiger charge is -2.30. The number of hydrogen-bond acceptors (Lipinski definition) is 3. The molecule has 1 aliphatic heterocycles. The highest BCUT2D eigenvalue weighted by molar-refractivity contribution is 5.77. The summed E-state index contributed by atoms with van der Waals surface area (Å²) in [5, 5.41) is 3.65. The number of fused-ring (bicyclic) bond motifs is 1. The number of aromatic nitrogens is 2. The largest absolute Gasteiger partial charge is 0.338 e. The topological polar surface area (TPSA) is 44.0 Å². The molecule has 0 spiro atoms. The molecule has 1 saturated heterocycles. The van der Waals surface area contributed by atoms with E-state index in [4.69, 9.17) is 4.98 Å². The molecule has 1 atom stereocenters. The number of aromatic amines is 1. The van der Waals surface area contributed by atoms with E-state index in [1.165, 1.54) is 38.6 Å². The molecule has 1 aromatic carbocycles. The van der Waals surface area contributed by atoms with Gasteiger partial charge in [-0.15, -0.1) is 0 Å². The Labute approximate surface area is 119 Å². The molecule has 0 bridgehead atoms. The maximum atomic E-state index is 4.78. The Bertz CT molecular complexity index is 548. The molecule has 0 radical (unpaired) electrons. The van der Waals surface area contributed by atoms with E-state index in [1.54, 1.807) is 0 Å². The lowest BCUT2D eigenvalue weighted by Crippen LogP contribution is -2.45. The van der Waals surface area contributed by atoms with Crippen molar-refractivity contribution in [2.45, 2.75) is 44.2 Å². The van der Waals surface area contributed by atoms with Crippen LogP contribution in [0.3, 0.4) is 0 Å². The zero-order valence-corrected chi connectivity index (χ0v) is 11.8. The molecule has 1 unspecified atom stereocenters. The normalized spacial score (nSPS) is 23.1. The van der Waals surface area contributed by atoms with Crippen LogP contribution in [0.4, 0.5) is 5.95 Å². The predicted octanol–water partition coefficient (Wildman–Crippen LogP) is 2.67. The van der Waals surface area contributed by atoms with Crippen molar-refractivity contribution in [2.24, 2.45) is 0 Å². The van der Waals surface area contributed by atoms with E-state index < -0.39 is 0 Å². The monoisotopic (exact) mass is 270 g/mol. The number of nitrogens with one attached hydrogen (secondary N) is 2. The Kier molecular flexibility index (Phi) is 3.11. The van der Waals surface area contributed by atoms with Gasteiger partial charge < -0.3 is 15.2 Å². The van der Waals surface area contributed by atoms with Crippen LogP contribution in [0.15, 0.2) is 24.3 Å². The maximum Gasteiger partial charge on any atom is 0.204 e. The van der Waals surface area contributed by atoms with E-state index in [2.05, 4.69) is 39.5 Å². The summed E-state index contributed by atoms with van der Waals surface area (Å²) in [5.41, 5.74) is 2.22. The Morgan fingerprint density at radius 2 is 2.05 bits per heavy atom. The van der Waals surface area contributed by atoms with Gasteiger partial charge in [0.25, 0.3) is 0 Å². The van der Waals surface area contributed by atoms with Gasteiger partial charge in [-0.1, -0.05) is 18.6 Å². The molecule has 20 heavy (non-hydrogen) atoms. The van der Waals surface area contributed by atoms with Crippen LogP contribution in [-0.2, 0) is 0 Å². The molecule has 1 aliphatic carbocycles. The zero-order chi connectivity index (χ0) is 13.4. The van der Waals surface area contributed by atoms with E-state index in [-0.39, 0.29) is 0 Å². The van der Waals surface area contributed by atoms with Crippen molar-refractivity contribution in [2.75, 3.05) is 18.0 Å². The summed E-state index contributed by atoms with van der Waals surface area (Å²) in [7, 11) is 0. The second kappa shape index (κ2) is 5.09. The van der Waals surface area contributed by atoms with Gasteiger partial charge >= 0.3 is 0 Å². The molecule has 106 valence electrons. The molecule has 1 aromatic heterocycles. The molecule has 4 nitrogen and oxygen atoms in total. The van der Waals surface area contributed by atoms with Gasteiger partial charge in [0.1, 0.15) is 0 Å². The first-order valence-electron chi connectivity index (χ1n) is 7.85. The number of anilines is 1. The summed E-state index contributed by atoms with van der Waals surface area (Å²) in [6.45, 7) is 2.26. The van der Waals surface area contributed by atoms with Gasteiger partial charge in [0.15, 0.2) is 0 Å². The lowest BCUT2D eigenvalue weighted by atomic mass is 10.0.